The molecule has 0 unspecified atom stereocenters. The zero-order valence-corrected chi connectivity index (χ0v) is 14.5. The Balaban J connectivity index is 2.17. The van der Waals surface area contributed by atoms with Crippen LogP contribution < -0.4 is 10.6 Å². The first-order valence-corrected chi connectivity index (χ1v) is 8.15. The van der Waals surface area contributed by atoms with E-state index in [0.717, 1.165) is 0 Å². The highest BCUT2D eigenvalue weighted by Crippen LogP contribution is 2.15. The second kappa shape index (κ2) is 7.76. The molecule has 0 radical (unpaired) electrons. The Morgan fingerprint density at radius 1 is 1.12 bits per heavy atom. The van der Waals surface area contributed by atoms with E-state index in [2.05, 4.69) is 20.8 Å². The monoisotopic (exact) mass is 332 g/mol. The van der Waals surface area contributed by atoms with Crippen LogP contribution in [-0.4, -0.2) is 37.9 Å². The van der Waals surface area contributed by atoms with Crippen LogP contribution in [0, 0.1) is 5.92 Å². The second-order valence-corrected chi connectivity index (χ2v) is 5.86. The van der Waals surface area contributed by atoms with Crippen LogP contribution in [0.5, 0.6) is 0 Å². The van der Waals surface area contributed by atoms with Crippen molar-refractivity contribution in [2.45, 2.75) is 40.8 Å². The van der Waals surface area contributed by atoms with Gasteiger partial charge in [0, 0.05) is 32.0 Å². The quantitative estimate of drug-likeness (QED) is 0.808. The number of hydrogen-bond donors (Lipinski definition) is 2. The summed E-state index contributed by atoms with van der Waals surface area (Å²) < 4.78 is 3.28. The summed E-state index contributed by atoms with van der Waals surface area (Å²) in [6.45, 7) is 9.71. The lowest BCUT2D eigenvalue weighted by Crippen LogP contribution is -2.28. The molecule has 130 valence electrons. The summed E-state index contributed by atoms with van der Waals surface area (Å²) in [5.41, 5.74) is 0.893. The van der Waals surface area contributed by atoms with E-state index in [0.29, 0.717) is 36.9 Å². The van der Waals surface area contributed by atoms with Crippen molar-refractivity contribution in [1.82, 2.24) is 24.9 Å². The topological polar surface area (TPSA) is 93.8 Å². The van der Waals surface area contributed by atoms with Crippen molar-refractivity contribution in [3.63, 3.8) is 0 Å². The first-order valence-electron chi connectivity index (χ1n) is 8.15. The number of hydrogen-bond acceptors (Lipinski definition) is 4. The third kappa shape index (κ3) is 4.21. The third-order valence-electron chi connectivity index (χ3n) is 3.42. The molecule has 0 bridgehead atoms. The van der Waals surface area contributed by atoms with Gasteiger partial charge in [-0.05, 0) is 25.8 Å². The van der Waals surface area contributed by atoms with E-state index < -0.39 is 0 Å². The van der Waals surface area contributed by atoms with Crippen molar-refractivity contribution in [1.29, 1.82) is 0 Å². The Morgan fingerprint density at radius 2 is 1.83 bits per heavy atom. The Kier molecular flexibility index (Phi) is 5.73. The summed E-state index contributed by atoms with van der Waals surface area (Å²) in [5.74, 6) is -0.334. The lowest BCUT2D eigenvalue weighted by Gasteiger charge is -2.07. The molecule has 2 heterocycles. The molecule has 0 aliphatic carbocycles. The van der Waals surface area contributed by atoms with Gasteiger partial charge >= 0.3 is 0 Å². The van der Waals surface area contributed by atoms with Crippen LogP contribution in [-0.2, 0) is 13.1 Å². The largest absolute Gasteiger partial charge is 0.350 e. The highest BCUT2D eigenvalue weighted by molar-refractivity contribution is 6.07. The summed E-state index contributed by atoms with van der Waals surface area (Å²) in [5, 5.41) is 13.9. The van der Waals surface area contributed by atoms with Gasteiger partial charge in [0.1, 0.15) is 0 Å². The number of anilines is 1. The summed E-state index contributed by atoms with van der Waals surface area (Å²) >= 11 is 0. The van der Waals surface area contributed by atoms with E-state index in [-0.39, 0.29) is 17.5 Å². The van der Waals surface area contributed by atoms with Gasteiger partial charge in [0.05, 0.1) is 5.69 Å². The molecule has 0 aliphatic heterocycles. The molecule has 2 rings (SSSR count). The predicted octanol–water partition coefficient (Wildman–Crippen LogP) is 1.76. The number of aryl methyl sites for hydroxylation is 2. The van der Waals surface area contributed by atoms with Gasteiger partial charge in [-0.15, -0.1) is 0 Å². The Hall–Kier alpha value is -2.64. The fourth-order valence-electron chi connectivity index (χ4n) is 2.07. The number of amides is 2. The van der Waals surface area contributed by atoms with Gasteiger partial charge < -0.3 is 10.6 Å². The molecule has 0 spiro atoms. The molecule has 24 heavy (non-hydrogen) atoms. The Morgan fingerprint density at radius 3 is 2.42 bits per heavy atom. The second-order valence-electron chi connectivity index (χ2n) is 5.86. The van der Waals surface area contributed by atoms with Crippen molar-refractivity contribution in [2.75, 3.05) is 11.9 Å². The molecule has 8 heteroatoms. The van der Waals surface area contributed by atoms with E-state index in [1.54, 1.807) is 27.8 Å². The van der Waals surface area contributed by atoms with E-state index in [9.17, 15) is 9.59 Å². The van der Waals surface area contributed by atoms with E-state index in [4.69, 9.17) is 0 Å². The number of nitrogens with one attached hydrogen (secondary N) is 2. The lowest BCUT2D eigenvalue weighted by atomic mass is 10.2. The van der Waals surface area contributed by atoms with Crippen LogP contribution in [0.15, 0.2) is 18.5 Å². The van der Waals surface area contributed by atoms with Gasteiger partial charge in [-0.3, -0.25) is 19.0 Å². The SMILES string of the molecule is CCn1ccc(C(=O)Nc2cn(CC)nc2C(=O)NCC(C)C)n1. The molecule has 2 aromatic rings. The van der Waals surface area contributed by atoms with Crippen molar-refractivity contribution < 1.29 is 9.59 Å². The first kappa shape index (κ1) is 17.7. The van der Waals surface area contributed by atoms with Gasteiger partial charge in [0.15, 0.2) is 11.4 Å². The van der Waals surface area contributed by atoms with E-state index in [1.165, 1.54) is 0 Å². The first-order chi connectivity index (χ1) is 11.4. The van der Waals surface area contributed by atoms with Gasteiger partial charge in [0.25, 0.3) is 11.8 Å². The molecular formula is C16H24N6O2. The Labute approximate surface area is 141 Å². The molecule has 2 N–H and O–H groups in total. The van der Waals surface area contributed by atoms with Gasteiger partial charge in [-0.2, -0.15) is 10.2 Å². The van der Waals surface area contributed by atoms with Crippen LogP contribution in [0.2, 0.25) is 0 Å². The normalized spacial score (nSPS) is 10.9. The molecule has 2 amide bonds. The smallest absolute Gasteiger partial charge is 0.276 e. The van der Waals surface area contributed by atoms with Crippen LogP contribution in [0.1, 0.15) is 48.7 Å². The fraction of sp³-hybridized carbons (Fsp3) is 0.500. The van der Waals surface area contributed by atoms with Crippen molar-refractivity contribution >= 4 is 17.5 Å². The molecule has 2 aromatic heterocycles. The van der Waals surface area contributed by atoms with Crippen molar-refractivity contribution in [3.05, 3.63) is 29.8 Å². The van der Waals surface area contributed by atoms with Crippen LogP contribution in [0.25, 0.3) is 0 Å². The van der Waals surface area contributed by atoms with Crippen LogP contribution >= 0.6 is 0 Å². The fourth-order valence-corrected chi connectivity index (χ4v) is 2.07. The highest BCUT2D eigenvalue weighted by Gasteiger charge is 2.20. The minimum Gasteiger partial charge on any atom is -0.350 e. The third-order valence-corrected chi connectivity index (χ3v) is 3.42. The average Bonchev–Trinajstić information content (AvgIpc) is 3.19. The average molecular weight is 332 g/mol. The minimum atomic E-state index is -0.365. The zero-order valence-electron chi connectivity index (χ0n) is 14.5. The highest BCUT2D eigenvalue weighted by atomic mass is 16.2. The molecule has 0 saturated heterocycles. The maximum absolute atomic E-state index is 12.3. The summed E-state index contributed by atoms with van der Waals surface area (Å²) in [6.07, 6.45) is 3.39. The number of rotatable bonds is 7. The zero-order chi connectivity index (χ0) is 17.7. The Bertz CT molecular complexity index is 716. The van der Waals surface area contributed by atoms with E-state index in [1.807, 2.05) is 27.7 Å². The summed E-state index contributed by atoms with van der Waals surface area (Å²) in [7, 11) is 0. The van der Waals surface area contributed by atoms with Crippen molar-refractivity contribution in [2.24, 2.45) is 5.92 Å². The summed E-state index contributed by atoms with van der Waals surface area (Å²) in [6, 6.07) is 1.64. The van der Waals surface area contributed by atoms with E-state index >= 15 is 0 Å². The predicted molar refractivity (Wildman–Crippen MR) is 90.9 cm³/mol. The number of carbonyl (C=O) groups excluding carboxylic acids is 2. The molecule has 0 aromatic carbocycles. The van der Waals surface area contributed by atoms with Gasteiger partial charge in [0.2, 0.25) is 0 Å². The maximum Gasteiger partial charge on any atom is 0.276 e. The molecule has 0 fully saturated rings. The number of nitrogens with zero attached hydrogens (tertiary/aromatic N) is 4. The van der Waals surface area contributed by atoms with Gasteiger partial charge in [-0.25, -0.2) is 0 Å². The molecule has 8 nitrogen and oxygen atoms in total. The van der Waals surface area contributed by atoms with Crippen molar-refractivity contribution in [3.8, 4) is 0 Å². The lowest BCUT2D eigenvalue weighted by molar-refractivity contribution is 0.0944. The standard InChI is InChI=1S/C16H24N6O2/c1-5-21-8-7-12(19-21)15(23)18-13-10-22(6-2)20-14(13)16(24)17-9-11(3)4/h7-8,10-11H,5-6,9H2,1-4H3,(H,17,24)(H,18,23). The molecule has 0 atom stereocenters. The van der Waals surface area contributed by atoms with Gasteiger partial charge in [-0.1, -0.05) is 13.8 Å². The molecular weight excluding hydrogens is 308 g/mol. The number of aromatic nitrogens is 4. The minimum absolute atomic E-state index is 0.209. The molecule has 0 saturated carbocycles. The summed E-state index contributed by atoms with van der Waals surface area (Å²) in [4.78, 5) is 24.6. The van der Waals surface area contributed by atoms with Crippen LogP contribution in [0.3, 0.4) is 0 Å². The number of carbonyl (C=O) groups is 2. The van der Waals surface area contributed by atoms with Crippen LogP contribution in [0.4, 0.5) is 5.69 Å². The molecule has 0 aliphatic rings. The maximum atomic E-state index is 12.3.